The van der Waals surface area contributed by atoms with Crippen molar-refractivity contribution < 1.29 is 4.74 Å². The van der Waals surface area contributed by atoms with Gasteiger partial charge in [-0.15, -0.1) is 0 Å². The van der Waals surface area contributed by atoms with Crippen molar-refractivity contribution in [2.75, 3.05) is 6.61 Å². The van der Waals surface area contributed by atoms with E-state index in [0.29, 0.717) is 18.9 Å². The first-order valence-corrected chi connectivity index (χ1v) is 7.79. The van der Waals surface area contributed by atoms with Gasteiger partial charge in [0, 0.05) is 6.42 Å². The largest absolute Gasteiger partial charge is 0.494 e. The van der Waals surface area contributed by atoms with Crippen molar-refractivity contribution in [3.63, 3.8) is 0 Å². The van der Waals surface area contributed by atoms with Crippen molar-refractivity contribution in [3.8, 4) is 11.8 Å². The summed E-state index contributed by atoms with van der Waals surface area (Å²) in [5, 5.41) is 9.36. The van der Waals surface area contributed by atoms with Crippen LogP contribution in [0, 0.1) is 18.3 Å². The van der Waals surface area contributed by atoms with Crippen LogP contribution in [0.2, 0.25) is 0 Å². The fourth-order valence-electron chi connectivity index (χ4n) is 2.36. The summed E-state index contributed by atoms with van der Waals surface area (Å²) in [5.41, 5.74) is 3.54. The van der Waals surface area contributed by atoms with Crippen molar-refractivity contribution in [2.45, 2.75) is 39.0 Å². The minimum atomic E-state index is -0.117. The molecule has 0 saturated carbocycles. The molecule has 22 heavy (non-hydrogen) atoms. The number of aryl methyl sites for hydroxylation is 1. The first-order chi connectivity index (χ1) is 10.6. The van der Waals surface area contributed by atoms with E-state index < -0.39 is 0 Å². The van der Waals surface area contributed by atoms with Crippen LogP contribution in [0.25, 0.3) is 0 Å². The number of hydrogen-bond acceptors (Lipinski definition) is 2. The van der Waals surface area contributed by atoms with Gasteiger partial charge in [0.05, 0.1) is 18.6 Å². The van der Waals surface area contributed by atoms with Crippen LogP contribution in [0.5, 0.6) is 5.75 Å². The highest BCUT2D eigenvalue weighted by Crippen LogP contribution is 2.22. The molecule has 0 saturated heterocycles. The molecule has 0 heterocycles. The Morgan fingerprint density at radius 1 is 1.05 bits per heavy atom. The molecule has 0 radical (unpaired) electrons. The lowest BCUT2D eigenvalue weighted by Gasteiger charge is -2.12. The van der Waals surface area contributed by atoms with E-state index in [4.69, 9.17) is 4.74 Å². The molecule has 0 amide bonds. The van der Waals surface area contributed by atoms with E-state index in [9.17, 15) is 5.26 Å². The van der Waals surface area contributed by atoms with Crippen molar-refractivity contribution in [1.82, 2.24) is 0 Å². The van der Waals surface area contributed by atoms with Crippen LogP contribution < -0.4 is 4.74 Å². The van der Waals surface area contributed by atoms with Crippen LogP contribution in [0.4, 0.5) is 0 Å². The molecule has 2 heteroatoms. The molecular formula is C20H23NO. The summed E-state index contributed by atoms with van der Waals surface area (Å²) in [5.74, 6) is 1.25. The van der Waals surface area contributed by atoms with Crippen molar-refractivity contribution in [1.29, 1.82) is 5.26 Å². The van der Waals surface area contributed by atoms with Crippen LogP contribution >= 0.6 is 0 Å². The summed E-state index contributed by atoms with van der Waals surface area (Å²) in [6, 6.07) is 18.7. The van der Waals surface area contributed by atoms with Gasteiger partial charge in [-0.25, -0.2) is 0 Å². The second-order valence-electron chi connectivity index (χ2n) is 5.96. The van der Waals surface area contributed by atoms with Gasteiger partial charge in [0.2, 0.25) is 0 Å². The summed E-state index contributed by atoms with van der Waals surface area (Å²) < 4.78 is 5.82. The van der Waals surface area contributed by atoms with Gasteiger partial charge in [-0.05, 0) is 36.1 Å². The minimum Gasteiger partial charge on any atom is -0.494 e. The molecule has 0 aromatic heterocycles. The van der Waals surface area contributed by atoms with Crippen molar-refractivity contribution in [3.05, 3.63) is 65.2 Å². The summed E-state index contributed by atoms with van der Waals surface area (Å²) in [6.07, 6.45) is 0.700. The Bertz CT molecular complexity index is 638. The maximum atomic E-state index is 9.36. The lowest BCUT2D eigenvalue weighted by molar-refractivity contribution is 0.305. The smallest absolute Gasteiger partial charge is 0.119 e. The summed E-state index contributed by atoms with van der Waals surface area (Å²) in [6.45, 7) is 6.94. The number of nitrogens with zero attached hydrogens (tertiary/aromatic N) is 1. The predicted octanol–water partition coefficient (Wildman–Crippen LogP) is 5.19. The molecule has 0 spiro atoms. The van der Waals surface area contributed by atoms with E-state index in [1.54, 1.807) is 0 Å². The molecule has 2 rings (SSSR count). The van der Waals surface area contributed by atoms with Crippen molar-refractivity contribution in [2.24, 2.45) is 0 Å². The first-order valence-electron chi connectivity index (χ1n) is 7.79. The Morgan fingerprint density at radius 2 is 1.77 bits per heavy atom. The Hall–Kier alpha value is -2.27. The second kappa shape index (κ2) is 7.66. The maximum Gasteiger partial charge on any atom is 0.119 e. The Balaban J connectivity index is 1.93. The van der Waals surface area contributed by atoms with Gasteiger partial charge in [-0.1, -0.05) is 55.8 Å². The van der Waals surface area contributed by atoms with E-state index in [0.717, 1.165) is 11.3 Å². The third-order valence-corrected chi connectivity index (χ3v) is 3.84. The van der Waals surface area contributed by atoms with Crippen LogP contribution in [0.3, 0.4) is 0 Å². The molecule has 0 aliphatic heterocycles. The fourth-order valence-corrected chi connectivity index (χ4v) is 2.36. The molecule has 114 valence electrons. The third-order valence-electron chi connectivity index (χ3n) is 3.84. The molecule has 0 aliphatic rings. The summed E-state index contributed by atoms with van der Waals surface area (Å²) >= 11 is 0. The average Bonchev–Trinajstić information content (AvgIpc) is 2.53. The van der Waals surface area contributed by atoms with Crippen LogP contribution in [-0.4, -0.2) is 6.61 Å². The maximum absolute atomic E-state index is 9.36. The SMILES string of the molecule is Cc1ccc(C(C#N)CCOc2cccc(C(C)C)c2)cc1. The number of benzene rings is 2. The highest BCUT2D eigenvalue weighted by Gasteiger charge is 2.10. The first kappa shape index (κ1) is 16.1. The average molecular weight is 293 g/mol. The summed E-state index contributed by atoms with van der Waals surface area (Å²) in [4.78, 5) is 0. The number of hydrogen-bond donors (Lipinski definition) is 0. The van der Waals surface area contributed by atoms with E-state index in [2.05, 4.69) is 39.0 Å². The molecule has 1 unspecified atom stereocenters. The minimum absolute atomic E-state index is 0.117. The van der Waals surface area contributed by atoms with Gasteiger partial charge in [0.15, 0.2) is 0 Å². The summed E-state index contributed by atoms with van der Waals surface area (Å²) in [7, 11) is 0. The molecule has 2 aromatic carbocycles. The van der Waals surface area contributed by atoms with Gasteiger partial charge >= 0.3 is 0 Å². The second-order valence-corrected chi connectivity index (χ2v) is 5.96. The Kier molecular flexibility index (Phi) is 5.61. The van der Waals surface area contributed by atoms with Gasteiger partial charge in [-0.2, -0.15) is 5.26 Å². The quantitative estimate of drug-likeness (QED) is 0.733. The van der Waals surface area contributed by atoms with Gasteiger partial charge in [-0.3, -0.25) is 0 Å². The molecular weight excluding hydrogens is 270 g/mol. The number of ether oxygens (including phenoxy) is 1. The Morgan fingerprint density at radius 3 is 2.41 bits per heavy atom. The lowest BCUT2D eigenvalue weighted by Crippen LogP contribution is -2.05. The number of nitriles is 1. The molecule has 1 atom stereocenters. The van der Waals surface area contributed by atoms with Gasteiger partial charge < -0.3 is 4.74 Å². The predicted molar refractivity (Wildman–Crippen MR) is 90.2 cm³/mol. The topological polar surface area (TPSA) is 33.0 Å². The van der Waals surface area contributed by atoms with Crippen LogP contribution in [0.15, 0.2) is 48.5 Å². The zero-order chi connectivity index (χ0) is 15.9. The van der Waals surface area contributed by atoms with E-state index in [1.807, 2.05) is 36.4 Å². The molecule has 0 fully saturated rings. The van der Waals surface area contributed by atoms with E-state index in [1.165, 1.54) is 11.1 Å². The van der Waals surface area contributed by atoms with Gasteiger partial charge in [0.1, 0.15) is 5.75 Å². The van der Waals surface area contributed by atoms with Crippen LogP contribution in [-0.2, 0) is 0 Å². The lowest BCUT2D eigenvalue weighted by atomic mass is 9.97. The van der Waals surface area contributed by atoms with Gasteiger partial charge in [0.25, 0.3) is 0 Å². The normalized spacial score (nSPS) is 12.0. The molecule has 0 aliphatic carbocycles. The number of rotatable bonds is 6. The molecule has 0 bridgehead atoms. The molecule has 0 N–H and O–H groups in total. The van der Waals surface area contributed by atoms with Crippen molar-refractivity contribution >= 4 is 0 Å². The Labute approximate surface area is 133 Å². The zero-order valence-electron chi connectivity index (χ0n) is 13.5. The molecule has 2 nitrogen and oxygen atoms in total. The van der Waals surface area contributed by atoms with E-state index in [-0.39, 0.29) is 5.92 Å². The highest BCUT2D eigenvalue weighted by molar-refractivity contribution is 5.31. The van der Waals surface area contributed by atoms with Crippen LogP contribution in [0.1, 0.15) is 48.8 Å². The van der Waals surface area contributed by atoms with E-state index >= 15 is 0 Å². The third kappa shape index (κ3) is 4.36. The zero-order valence-corrected chi connectivity index (χ0v) is 13.5. The molecule has 2 aromatic rings. The monoisotopic (exact) mass is 293 g/mol. The standard InChI is InChI=1S/C20H23NO/c1-15(2)18-5-4-6-20(13-18)22-12-11-19(14-21)17-9-7-16(3)8-10-17/h4-10,13,15,19H,11-12H2,1-3H3. The fraction of sp³-hybridized carbons (Fsp3) is 0.350. The highest BCUT2D eigenvalue weighted by atomic mass is 16.5.